The van der Waals surface area contributed by atoms with Crippen LogP contribution in [0.15, 0.2) is 122 Å². The van der Waals surface area contributed by atoms with Crippen LogP contribution in [0, 0.1) is 0 Å². The second kappa shape index (κ2) is 70.3. The molecule has 0 heterocycles. The molecule has 0 aromatic rings. The van der Waals surface area contributed by atoms with E-state index in [2.05, 4.69) is 142 Å². The molecule has 6 nitrogen and oxygen atoms in total. The molecule has 0 N–H and O–H groups in total. The molecule has 1 atom stereocenters. The van der Waals surface area contributed by atoms with Gasteiger partial charge in [0, 0.05) is 19.3 Å². The molecule has 0 saturated carbocycles. The number of rotatable bonds is 63. The van der Waals surface area contributed by atoms with E-state index in [1.54, 1.807) is 0 Å². The Labute approximate surface area is 513 Å². The van der Waals surface area contributed by atoms with E-state index in [1.807, 2.05) is 0 Å². The molecular formula is C77H130O6. The minimum absolute atomic E-state index is 0.0957. The predicted molar refractivity (Wildman–Crippen MR) is 362 cm³/mol. The van der Waals surface area contributed by atoms with Gasteiger partial charge in [-0.25, -0.2) is 0 Å². The van der Waals surface area contributed by atoms with Crippen LogP contribution in [0.3, 0.4) is 0 Å². The van der Waals surface area contributed by atoms with Gasteiger partial charge in [0.25, 0.3) is 0 Å². The zero-order valence-electron chi connectivity index (χ0n) is 54.4. The van der Waals surface area contributed by atoms with Crippen molar-refractivity contribution >= 4 is 17.9 Å². The van der Waals surface area contributed by atoms with Gasteiger partial charge < -0.3 is 14.2 Å². The second-order valence-corrected chi connectivity index (χ2v) is 23.1. The highest BCUT2D eigenvalue weighted by Gasteiger charge is 2.19. The largest absolute Gasteiger partial charge is 0.462 e. The Balaban J connectivity index is 4.46. The molecule has 6 heteroatoms. The number of hydrogen-bond acceptors (Lipinski definition) is 6. The van der Waals surface area contributed by atoms with Gasteiger partial charge in [0.1, 0.15) is 13.2 Å². The first-order valence-electron chi connectivity index (χ1n) is 35.0. The standard InChI is InChI=1S/C77H130O6/c1-4-7-10-13-16-19-22-25-28-31-34-36-37-38-39-41-43-46-49-52-55-58-61-64-67-70-76(79)82-73-74(72-81-75(78)69-66-63-60-57-54-51-48-45-42-33-30-27-24-21-18-15-12-9-6-3)83-77(80)71-68-65-62-59-56-53-50-47-44-40-35-32-29-26-23-20-17-14-11-8-5-2/h7,10,16,18-19,21,25,27-28,30,34,36,38-39,42-43,45-46,52,55,74H,4-6,8-9,11-15,17,20,22-24,26,29,31-33,35,37,40-41,44,47-51,53-54,56-73H2,1-3H3/b10-7-,19-16-,21-18-,28-25-,30-27-,36-34-,39-38-,45-42-,46-43-,55-52-. The molecule has 0 aliphatic carbocycles. The van der Waals surface area contributed by atoms with E-state index in [4.69, 9.17) is 14.2 Å². The van der Waals surface area contributed by atoms with Crippen molar-refractivity contribution in [1.29, 1.82) is 0 Å². The maximum absolute atomic E-state index is 13.0. The Morgan fingerprint density at radius 1 is 0.253 bits per heavy atom. The third-order valence-corrected chi connectivity index (χ3v) is 15.0. The van der Waals surface area contributed by atoms with Crippen molar-refractivity contribution in [3.63, 3.8) is 0 Å². The molecule has 0 saturated heterocycles. The van der Waals surface area contributed by atoms with Crippen LogP contribution >= 0.6 is 0 Å². The van der Waals surface area contributed by atoms with Gasteiger partial charge in [0.2, 0.25) is 0 Å². The molecule has 474 valence electrons. The lowest BCUT2D eigenvalue weighted by Gasteiger charge is -2.18. The highest BCUT2D eigenvalue weighted by Crippen LogP contribution is 2.17. The first kappa shape index (κ1) is 78.8. The SMILES string of the molecule is CC/C=C\C/C=C\C/C=C\C/C=C\C/C=C\C/C=C\C/C=C\CCCCCC(=O)OCC(COC(=O)CCCCCCCC/C=C\C/C=C\C/C=C\CCCCC)OC(=O)CCCCCCCCCCCCCCCCCCCCCCC. The van der Waals surface area contributed by atoms with Crippen molar-refractivity contribution < 1.29 is 28.6 Å². The molecule has 0 fully saturated rings. The van der Waals surface area contributed by atoms with Crippen molar-refractivity contribution in [2.24, 2.45) is 0 Å². The summed E-state index contributed by atoms with van der Waals surface area (Å²) in [5, 5.41) is 0. The van der Waals surface area contributed by atoms with Crippen LogP contribution < -0.4 is 0 Å². The fourth-order valence-corrected chi connectivity index (χ4v) is 9.73. The molecule has 0 rings (SSSR count). The summed E-state index contributed by atoms with van der Waals surface area (Å²) in [6.07, 6.45) is 97.8. The van der Waals surface area contributed by atoms with Crippen molar-refractivity contribution in [2.45, 2.75) is 335 Å². The maximum Gasteiger partial charge on any atom is 0.306 e. The average Bonchev–Trinajstić information content (AvgIpc) is 3.50. The third-order valence-electron chi connectivity index (χ3n) is 15.0. The minimum Gasteiger partial charge on any atom is -0.462 e. The van der Waals surface area contributed by atoms with E-state index in [-0.39, 0.29) is 31.1 Å². The average molecular weight is 1150 g/mol. The lowest BCUT2D eigenvalue weighted by molar-refractivity contribution is -0.167. The predicted octanol–water partition coefficient (Wildman–Crippen LogP) is 24.3. The van der Waals surface area contributed by atoms with Crippen LogP contribution in [-0.4, -0.2) is 37.2 Å². The van der Waals surface area contributed by atoms with E-state index >= 15 is 0 Å². The Hall–Kier alpha value is -4.19. The second-order valence-electron chi connectivity index (χ2n) is 23.1. The van der Waals surface area contributed by atoms with E-state index in [9.17, 15) is 14.4 Å². The van der Waals surface area contributed by atoms with Gasteiger partial charge >= 0.3 is 17.9 Å². The summed E-state index contributed by atoms with van der Waals surface area (Å²) in [6, 6.07) is 0. The van der Waals surface area contributed by atoms with Gasteiger partial charge in [-0.3, -0.25) is 14.4 Å². The number of hydrogen-bond donors (Lipinski definition) is 0. The number of ether oxygens (including phenoxy) is 3. The summed E-state index contributed by atoms with van der Waals surface area (Å²) in [4.78, 5) is 38.5. The number of carbonyl (C=O) groups excluding carboxylic acids is 3. The third kappa shape index (κ3) is 68.5. The summed E-state index contributed by atoms with van der Waals surface area (Å²) in [5.41, 5.74) is 0. The van der Waals surface area contributed by atoms with Gasteiger partial charge in [0.05, 0.1) is 0 Å². The van der Waals surface area contributed by atoms with Crippen LogP contribution in [-0.2, 0) is 28.6 Å². The van der Waals surface area contributed by atoms with Gasteiger partial charge in [-0.15, -0.1) is 0 Å². The topological polar surface area (TPSA) is 78.9 Å². The lowest BCUT2D eigenvalue weighted by Crippen LogP contribution is -2.30. The summed E-state index contributed by atoms with van der Waals surface area (Å²) >= 11 is 0. The maximum atomic E-state index is 13.0. The number of allylic oxidation sites excluding steroid dienone is 20. The van der Waals surface area contributed by atoms with Gasteiger partial charge in [-0.1, -0.05) is 316 Å². The van der Waals surface area contributed by atoms with Crippen LogP contribution in [0.1, 0.15) is 329 Å². The van der Waals surface area contributed by atoms with Crippen molar-refractivity contribution in [1.82, 2.24) is 0 Å². The molecule has 0 bridgehead atoms. The Kier molecular flexibility index (Phi) is 66.7. The molecule has 0 aromatic heterocycles. The summed E-state index contributed by atoms with van der Waals surface area (Å²) in [6.45, 7) is 6.50. The van der Waals surface area contributed by atoms with Crippen molar-refractivity contribution in [3.8, 4) is 0 Å². The molecule has 0 amide bonds. The molecule has 0 radical (unpaired) electrons. The number of carbonyl (C=O) groups is 3. The summed E-state index contributed by atoms with van der Waals surface area (Å²) in [5.74, 6) is -0.928. The van der Waals surface area contributed by atoms with Crippen LogP contribution in [0.25, 0.3) is 0 Å². The quantitative estimate of drug-likeness (QED) is 0.0261. The fraction of sp³-hybridized carbons (Fsp3) is 0.701. The molecule has 0 spiro atoms. The molecule has 0 aliphatic rings. The van der Waals surface area contributed by atoms with Gasteiger partial charge in [-0.05, 0) is 116 Å². The van der Waals surface area contributed by atoms with Crippen LogP contribution in [0.2, 0.25) is 0 Å². The van der Waals surface area contributed by atoms with Crippen molar-refractivity contribution in [2.75, 3.05) is 13.2 Å². The summed E-state index contributed by atoms with van der Waals surface area (Å²) in [7, 11) is 0. The van der Waals surface area contributed by atoms with E-state index < -0.39 is 6.10 Å². The highest BCUT2D eigenvalue weighted by atomic mass is 16.6. The first-order valence-corrected chi connectivity index (χ1v) is 35.0. The fourth-order valence-electron chi connectivity index (χ4n) is 9.73. The van der Waals surface area contributed by atoms with E-state index in [0.29, 0.717) is 19.3 Å². The molecule has 83 heavy (non-hydrogen) atoms. The normalized spacial score (nSPS) is 12.9. The van der Waals surface area contributed by atoms with Crippen LogP contribution in [0.5, 0.6) is 0 Å². The zero-order chi connectivity index (χ0) is 59.9. The van der Waals surface area contributed by atoms with E-state index in [1.165, 1.54) is 161 Å². The van der Waals surface area contributed by atoms with E-state index in [0.717, 1.165) is 128 Å². The first-order chi connectivity index (χ1) is 41.0. The molecule has 0 aliphatic heterocycles. The van der Waals surface area contributed by atoms with Gasteiger partial charge in [-0.2, -0.15) is 0 Å². The van der Waals surface area contributed by atoms with Crippen LogP contribution in [0.4, 0.5) is 0 Å². The number of esters is 3. The van der Waals surface area contributed by atoms with Gasteiger partial charge in [0.15, 0.2) is 6.10 Å². The zero-order valence-corrected chi connectivity index (χ0v) is 54.4. The Bertz CT molecular complexity index is 1700. The molecule has 1 unspecified atom stereocenters. The Morgan fingerprint density at radius 2 is 0.470 bits per heavy atom. The minimum atomic E-state index is -0.802. The molecule has 0 aromatic carbocycles. The van der Waals surface area contributed by atoms with Crippen molar-refractivity contribution in [3.05, 3.63) is 122 Å². The number of unbranched alkanes of at least 4 members (excludes halogenated alkanes) is 32. The Morgan fingerprint density at radius 3 is 0.771 bits per heavy atom. The highest BCUT2D eigenvalue weighted by molar-refractivity contribution is 5.71. The smallest absolute Gasteiger partial charge is 0.306 e. The monoisotopic (exact) mass is 1150 g/mol. The molecular weight excluding hydrogens is 1020 g/mol. The lowest BCUT2D eigenvalue weighted by atomic mass is 10.0. The summed E-state index contributed by atoms with van der Waals surface area (Å²) < 4.78 is 17.0.